The van der Waals surface area contributed by atoms with Crippen molar-refractivity contribution < 1.29 is 37.9 Å². The molecular weight excluding hydrogens is 1140 g/mol. The summed E-state index contributed by atoms with van der Waals surface area (Å²) in [5.74, 6) is 4.95. The smallest absolute Gasteiger partial charge is 0.158 e. The van der Waals surface area contributed by atoms with Gasteiger partial charge in [-0.2, -0.15) is 0 Å². The lowest BCUT2D eigenvalue weighted by Crippen LogP contribution is -2.31. The van der Waals surface area contributed by atoms with Gasteiger partial charge in [-0.1, -0.05) is 264 Å². The molecule has 3 atom stereocenters. The normalized spacial score (nSPS) is 23.7. The van der Waals surface area contributed by atoms with Crippen LogP contribution in [-0.4, -0.2) is 97.3 Å². The molecule has 0 radical (unpaired) electrons. The zero-order chi connectivity index (χ0) is 69.9. The van der Waals surface area contributed by atoms with E-state index in [0.29, 0.717) is 67.0 Å². The Morgan fingerprint density at radius 2 is 0.500 bits per heavy atom. The molecule has 0 bridgehead atoms. The number of hydrogen-bond donors (Lipinski definition) is 0. The first-order valence-corrected chi connectivity index (χ1v) is 39.0. The van der Waals surface area contributed by atoms with Crippen LogP contribution in [0.1, 0.15) is 367 Å². The molecule has 0 aromatic heterocycles. The molecule has 3 saturated carbocycles. The van der Waals surface area contributed by atoms with Crippen molar-refractivity contribution in [2.45, 2.75) is 391 Å². The fourth-order valence-electron chi connectivity index (χ4n) is 14.5. The minimum absolute atomic E-state index is 0.0556. The van der Waals surface area contributed by atoms with Crippen molar-refractivity contribution >= 4 is 0 Å². The first kappa shape index (κ1) is 89.7. The van der Waals surface area contributed by atoms with E-state index in [4.69, 9.17) is 37.9 Å². The second-order valence-electron chi connectivity index (χ2n) is 41.2. The van der Waals surface area contributed by atoms with E-state index in [-0.39, 0.29) is 6.29 Å². The van der Waals surface area contributed by atoms with E-state index < -0.39 is 0 Å². The fourth-order valence-corrected chi connectivity index (χ4v) is 14.5. The van der Waals surface area contributed by atoms with E-state index >= 15 is 0 Å². The summed E-state index contributed by atoms with van der Waals surface area (Å²) in [5, 5.41) is 0. The van der Waals surface area contributed by atoms with Crippen LogP contribution in [-0.2, 0) is 37.9 Å². The summed E-state index contributed by atoms with van der Waals surface area (Å²) in [4.78, 5) is 0. The third-order valence-electron chi connectivity index (χ3n) is 18.2. The van der Waals surface area contributed by atoms with Crippen molar-refractivity contribution in [1.29, 1.82) is 0 Å². The molecule has 0 aromatic carbocycles. The Labute approximate surface area is 577 Å². The molecule has 0 aromatic rings. The molecule has 9 aliphatic rings. The Morgan fingerprint density at radius 1 is 0.196 bits per heavy atom. The van der Waals surface area contributed by atoms with Gasteiger partial charge in [-0.3, -0.25) is 0 Å². The third kappa shape index (κ3) is 58.6. The molecule has 0 amide bonds. The SMILES string of the molecule is CC(C)(C)CC1CCC1.CC(C)(C)CC1CCCC1.CC(C)(C)CC1CCCCC1.CC(C)(C)CC1CCCCO1.CC(C)(C)CC1CCCO1.CC(C)(C)CC1CCOCC1.CC(C)(C)CC1COC1.CC(C)(C)CC1COCCO1.CC(C)(C)CC1OCCO1. The molecule has 9 rings (SSSR count). The predicted octanol–water partition coefficient (Wildman–Crippen LogP) is 25.0. The lowest BCUT2D eigenvalue weighted by atomic mass is 9.74. The highest BCUT2D eigenvalue weighted by molar-refractivity contribution is 4.79. The standard InChI is InChI=1S/C11H22.2C10H20O.C10H20.C9H18O2.C9H18O.C9H18.C8H16O2.C8H16O/c1-11(2,3)9-10-7-5-4-6-8-10;1-10(2,3)8-9-4-6-11-7-5-9;1-10(2,3)8-9-6-4-5-7-11-9;1-10(2,3)8-9-6-4-5-7-9;1-9(2,3)6-8-7-10-4-5-11-8;1-9(2,3)7-8-5-4-6-10-8;1-9(2,3)7-8-5-4-6-8;1-8(2,3)6-7-9-4-5-10-7;1-8(2,3)4-7-5-9-6-7/h10H,4-9H2,1-3H3;2*9H,4-8H2,1-3H3;9H,4-8H2,1-3H3;8H,4-7H2,1-3H3;8H,4-7H2,1-3H3;8H,4-7H2,1-3H3;7H,4-6H2,1-3H3;7H,4-6H2,1-3H3. The van der Waals surface area contributed by atoms with Crippen LogP contribution in [0.4, 0.5) is 0 Å². The lowest BCUT2D eigenvalue weighted by Gasteiger charge is -2.31. The number of rotatable bonds is 9. The summed E-state index contributed by atoms with van der Waals surface area (Å²) in [6.07, 6.45) is 39.9. The molecule has 6 saturated heterocycles. The first-order valence-electron chi connectivity index (χ1n) is 39.0. The molecule has 0 spiro atoms. The summed E-state index contributed by atoms with van der Waals surface area (Å²) in [7, 11) is 0. The van der Waals surface area contributed by atoms with Crippen LogP contribution < -0.4 is 0 Å². The Morgan fingerprint density at radius 3 is 0.793 bits per heavy atom. The van der Waals surface area contributed by atoms with Gasteiger partial charge >= 0.3 is 0 Å². The Balaban J connectivity index is 0.000000518. The molecule has 3 aliphatic carbocycles. The summed E-state index contributed by atoms with van der Waals surface area (Å²) < 4.78 is 43.0. The van der Waals surface area contributed by atoms with Gasteiger partial charge in [0.15, 0.2) is 6.29 Å². The van der Waals surface area contributed by atoms with E-state index in [1.807, 2.05) is 0 Å². The van der Waals surface area contributed by atoms with Crippen molar-refractivity contribution in [3.05, 3.63) is 0 Å². The molecule has 6 heterocycles. The summed E-state index contributed by atoms with van der Waals surface area (Å²) in [6, 6.07) is 0. The van der Waals surface area contributed by atoms with Crippen LogP contribution in [0.3, 0.4) is 0 Å². The van der Waals surface area contributed by atoms with Gasteiger partial charge < -0.3 is 37.9 Å². The Bertz CT molecular complexity index is 1480. The molecule has 6 aliphatic heterocycles. The largest absolute Gasteiger partial charge is 0.381 e. The zero-order valence-electron chi connectivity index (χ0n) is 67.5. The molecule has 552 valence electrons. The Kier molecular flexibility index (Phi) is 43.6. The maximum Gasteiger partial charge on any atom is 0.158 e. The minimum atomic E-state index is 0.0556. The van der Waals surface area contributed by atoms with Crippen LogP contribution in [0.5, 0.6) is 0 Å². The third-order valence-corrected chi connectivity index (χ3v) is 18.2. The summed E-state index contributed by atoms with van der Waals surface area (Å²) in [6.45, 7) is 71.7. The second-order valence-corrected chi connectivity index (χ2v) is 41.2. The van der Waals surface area contributed by atoms with Gasteiger partial charge in [0.2, 0.25) is 0 Å². The van der Waals surface area contributed by atoms with Crippen molar-refractivity contribution in [3.63, 3.8) is 0 Å². The van der Waals surface area contributed by atoms with Gasteiger partial charge in [-0.05, 0) is 169 Å². The average molecular weight is 1310 g/mol. The quantitative estimate of drug-likeness (QED) is 0.226. The predicted molar refractivity (Wildman–Crippen MR) is 399 cm³/mol. The fraction of sp³-hybridized carbons (Fsp3) is 1.00. The second kappa shape index (κ2) is 44.7. The zero-order valence-corrected chi connectivity index (χ0v) is 67.5. The monoisotopic (exact) mass is 1310 g/mol. The van der Waals surface area contributed by atoms with Gasteiger partial charge in [0, 0.05) is 38.8 Å². The van der Waals surface area contributed by atoms with E-state index in [1.54, 1.807) is 0 Å². The molecule has 9 fully saturated rings. The molecule has 92 heavy (non-hydrogen) atoms. The lowest BCUT2D eigenvalue weighted by molar-refractivity contribution is -0.100. The van der Waals surface area contributed by atoms with Gasteiger partial charge in [0.05, 0.1) is 64.6 Å². The maximum atomic E-state index is 5.65. The van der Waals surface area contributed by atoms with Crippen LogP contribution >= 0.6 is 0 Å². The van der Waals surface area contributed by atoms with E-state index in [9.17, 15) is 0 Å². The molecule has 8 heteroatoms. The average Bonchev–Trinajstić information content (AvgIpc) is 2.58. The van der Waals surface area contributed by atoms with E-state index in [0.717, 1.165) is 115 Å². The number of ether oxygens (including phenoxy) is 8. The number of hydrogen-bond acceptors (Lipinski definition) is 8. The van der Waals surface area contributed by atoms with E-state index in [1.165, 1.54) is 167 Å². The highest BCUT2D eigenvalue weighted by Crippen LogP contribution is 2.39. The molecule has 0 N–H and O–H groups in total. The minimum Gasteiger partial charge on any atom is -0.381 e. The van der Waals surface area contributed by atoms with Gasteiger partial charge in [0.1, 0.15) is 0 Å². The van der Waals surface area contributed by atoms with E-state index in [2.05, 4.69) is 187 Å². The van der Waals surface area contributed by atoms with Crippen molar-refractivity contribution in [2.75, 3.05) is 72.7 Å². The van der Waals surface area contributed by atoms with Gasteiger partial charge in [-0.15, -0.1) is 0 Å². The van der Waals surface area contributed by atoms with Crippen molar-refractivity contribution in [2.24, 2.45) is 78.3 Å². The van der Waals surface area contributed by atoms with Gasteiger partial charge in [-0.25, -0.2) is 0 Å². The highest BCUT2D eigenvalue weighted by atomic mass is 16.7. The molecular formula is C84H168O8. The molecule has 3 unspecified atom stereocenters. The van der Waals surface area contributed by atoms with Gasteiger partial charge in [0.25, 0.3) is 0 Å². The Hall–Kier alpha value is -0.320. The van der Waals surface area contributed by atoms with Crippen LogP contribution in [0.2, 0.25) is 0 Å². The van der Waals surface area contributed by atoms with Crippen LogP contribution in [0.25, 0.3) is 0 Å². The van der Waals surface area contributed by atoms with Crippen LogP contribution in [0, 0.1) is 78.3 Å². The van der Waals surface area contributed by atoms with Crippen molar-refractivity contribution in [3.8, 4) is 0 Å². The highest BCUT2D eigenvalue weighted by Gasteiger charge is 2.29. The van der Waals surface area contributed by atoms with Crippen molar-refractivity contribution in [1.82, 2.24) is 0 Å². The summed E-state index contributed by atoms with van der Waals surface area (Å²) in [5.41, 5.74) is 4.23. The first-order chi connectivity index (χ1) is 42.2. The van der Waals surface area contributed by atoms with Crippen LogP contribution in [0.15, 0.2) is 0 Å². The topological polar surface area (TPSA) is 73.8 Å². The summed E-state index contributed by atoms with van der Waals surface area (Å²) >= 11 is 0. The maximum absolute atomic E-state index is 5.65. The molecule has 8 nitrogen and oxygen atoms in total.